The number of para-hydroxylation sites is 1. The van der Waals surface area contributed by atoms with Gasteiger partial charge in [-0.3, -0.25) is 13.9 Å². The van der Waals surface area contributed by atoms with Gasteiger partial charge in [0.2, 0.25) is 11.8 Å². The minimum Gasteiger partial charge on any atom is -0.352 e. The lowest BCUT2D eigenvalue weighted by Crippen LogP contribution is -2.54. The van der Waals surface area contributed by atoms with E-state index >= 15 is 0 Å². The second kappa shape index (κ2) is 14.5. The molecular formula is C36H38FN3O4S. The zero-order chi connectivity index (χ0) is 31.8. The Morgan fingerprint density at radius 1 is 0.822 bits per heavy atom. The molecule has 7 nitrogen and oxygen atoms in total. The third-order valence-electron chi connectivity index (χ3n) is 8.17. The summed E-state index contributed by atoms with van der Waals surface area (Å²) in [4.78, 5) is 30.0. The molecule has 0 heterocycles. The highest BCUT2D eigenvalue weighted by Crippen LogP contribution is 2.26. The largest absolute Gasteiger partial charge is 0.352 e. The van der Waals surface area contributed by atoms with E-state index in [0.717, 1.165) is 41.1 Å². The number of hydrogen-bond acceptors (Lipinski definition) is 4. The number of carbonyl (C=O) groups is 2. The number of nitrogens with zero attached hydrogens (tertiary/aromatic N) is 2. The van der Waals surface area contributed by atoms with Crippen LogP contribution in [0.3, 0.4) is 0 Å². The third-order valence-corrected chi connectivity index (χ3v) is 9.96. The summed E-state index contributed by atoms with van der Waals surface area (Å²) in [7, 11) is -4.17. The van der Waals surface area contributed by atoms with E-state index in [-0.39, 0.29) is 29.8 Å². The molecule has 45 heavy (non-hydrogen) atoms. The zero-order valence-corrected chi connectivity index (χ0v) is 26.1. The summed E-state index contributed by atoms with van der Waals surface area (Å²) in [5.41, 5.74) is 2.69. The van der Waals surface area contributed by atoms with Crippen molar-refractivity contribution >= 4 is 27.5 Å². The van der Waals surface area contributed by atoms with Crippen molar-refractivity contribution < 1.29 is 22.4 Å². The summed E-state index contributed by atoms with van der Waals surface area (Å²) in [6.45, 7) is 1.32. The van der Waals surface area contributed by atoms with Gasteiger partial charge < -0.3 is 10.2 Å². The Morgan fingerprint density at radius 3 is 2.04 bits per heavy atom. The number of sulfonamides is 1. The van der Waals surface area contributed by atoms with Gasteiger partial charge in [0.25, 0.3) is 10.0 Å². The molecule has 0 radical (unpaired) electrons. The zero-order valence-electron chi connectivity index (χ0n) is 25.3. The molecule has 1 N–H and O–H groups in total. The van der Waals surface area contributed by atoms with E-state index in [1.165, 1.54) is 29.2 Å². The van der Waals surface area contributed by atoms with Crippen molar-refractivity contribution in [2.24, 2.45) is 0 Å². The fourth-order valence-electron chi connectivity index (χ4n) is 5.67. The predicted octanol–water partition coefficient (Wildman–Crippen LogP) is 6.03. The molecule has 2 amide bonds. The van der Waals surface area contributed by atoms with Gasteiger partial charge in [-0.25, -0.2) is 12.8 Å². The first-order valence-corrected chi connectivity index (χ1v) is 16.7. The molecule has 9 heteroatoms. The Kier molecular flexibility index (Phi) is 10.3. The van der Waals surface area contributed by atoms with Gasteiger partial charge >= 0.3 is 0 Å². The van der Waals surface area contributed by atoms with Crippen LogP contribution in [-0.2, 0) is 32.6 Å². The van der Waals surface area contributed by atoms with E-state index in [9.17, 15) is 22.4 Å². The Labute approximate surface area is 264 Å². The molecule has 0 aliphatic heterocycles. The first-order chi connectivity index (χ1) is 21.7. The van der Waals surface area contributed by atoms with Crippen LogP contribution >= 0.6 is 0 Å². The van der Waals surface area contributed by atoms with Crippen molar-refractivity contribution in [3.05, 3.63) is 132 Å². The predicted molar refractivity (Wildman–Crippen MR) is 173 cm³/mol. The van der Waals surface area contributed by atoms with Gasteiger partial charge in [-0.1, -0.05) is 91.2 Å². The fraction of sp³-hybridized carbons (Fsp3) is 0.278. The highest BCUT2D eigenvalue weighted by atomic mass is 32.2. The molecule has 0 bridgehead atoms. The van der Waals surface area contributed by atoms with Crippen LogP contribution < -0.4 is 9.62 Å². The van der Waals surface area contributed by atoms with Gasteiger partial charge in [-0.05, 0) is 67.3 Å². The standard InChI is InChI=1S/C36H38FN3O4S/c1-27-16-22-33(23-17-27)45(43,44)40(32-14-6-3-7-15-32)26-35(41)39(25-29-18-20-30(37)21-19-29)34(24-28-10-4-2-5-11-28)36(42)38-31-12-8-9-13-31/h2-7,10-11,14-23,31,34H,8-9,12-13,24-26H2,1H3,(H,38,42). The average Bonchev–Trinajstić information content (AvgIpc) is 3.56. The average molecular weight is 628 g/mol. The first kappa shape index (κ1) is 31.9. The number of anilines is 1. The van der Waals surface area contributed by atoms with Crippen LogP contribution in [0.25, 0.3) is 0 Å². The highest BCUT2D eigenvalue weighted by Gasteiger charge is 2.35. The van der Waals surface area contributed by atoms with Crippen molar-refractivity contribution in [2.45, 2.75) is 62.6 Å². The molecule has 4 aromatic rings. The summed E-state index contributed by atoms with van der Waals surface area (Å²) in [5.74, 6) is -1.27. The molecular weight excluding hydrogens is 589 g/mol. The van der Waals surface area contributed by atoms with E-state index in [0.29, 0.717) is 11.3 Å². The topological polar surface area (TPSA) is 86.8 Å². The lowest BCUT2D eigenvalue weighted by molar-refractivity contribution is -0.140. The second-order valence-corrected chi connectivity index (χ2v) is 13.4. The van der Waals surface area contributed by atoms with Gasteiger partial charge in [0.1, 0.15) is 18.4 Å². The van der Waals surface area contributed by atoms with Crippen LogP contribution in [0.15, 0.2) is 114 Å². The van der Waals surface area contributed by atoms with Crippen molar-refractivity contribution in [1.29, 1.82) is 0 Å². The van der Waals surface area contributed by atoms with Crippen LogP contribution in [-0.4, -0.2) is 43.8 Å². The van der Waals surface area contributed by atoms with E-state index < -0.39 is 34.3 Å². The number of amides is 2. The van der Waals surface area contributed by atoms with Crippen LogP contribution in [0, 0.1) is 12.7 Å². The summed E-state index contributed by atoms with van der Waals surface area (Å²) < 4.78 is 43.0. The quantitative estimate of drug-likeness (QED) is 0.208. The van der Waals surface area contributed by atoms with E-state index in [1.54, 1.807) is 54.6 Å². The molecule has 4 aromatic carbocycles. The van der Waals surface area contributed by atoms with Gasteiger partial charge in [0, 0.05) is 19.0 Å². The maximum Gasteiger partial charge on any atom is 0.264 e. The Bertz CT molecular complexity index is 1680. The number of carbonyl (C=O) groups excluding carboxylic acids is 2. The SMILES string of the molecule is Cc1ccc(S(=O)(=O)N(CC(=O)N(Cc2ccc(F)cc2)C(Cc2ccccc2)C(=O)NC2CCCC2)c2ccccc2)cc1. The summed E-state index contributed by atoms with van der Waals surface area (Å²) in [5, 5.41) is 3.15. The van der Waals surface area contributed by atoms with E-state index in [2.05, 4.69) is 5.32 Å². The van der Waals surface area contributed by atoms with Crippen molar-refractivity contribution in [3.8, 4) is 0 Å². The number of hydrogen-bond donors (Lipinski definition) is 1. The first-order valence-electron chi connectivity index (χ1n) is 15.2. The summed E-state index contributed by atoms with van der Waals surface area (Å²) in [6, 6.07) is 29.2. The Balaban J connectivity index is 1.54. The maximum absolute atomic E-state index is 14.5. The number of rotatable bonds is 12. The fourth-order valence-corrected chi connectivity index (χ4v) is 7.08. The smallest absolute Gasteiger partial charge is 0.264 e. The van der Waals surface area contributed by atoms with Gasteiger partial charge in [0.05, 0.1) is 10.6 Å². The van der Waals surface area contributed by atoms with Crippen molar-refractivity contribution in [1.82, 2.24) is 10.2 Å². The monoisotopic (exact) mass is 627 g/mol. The van der Waals surface area contributed by atoms with Crippen LogP contribution in [0.5, 0.6) is 0 Å². The molecule has 1 unspecified atom stereocenters. The van der Waals surface area contributed by atoms with Gasteiger partial charge in [-0.2, -0.15) is 0 Å². The molecule has 1 saturated carbocycles. The molecule has 5 rings (SSSR count). The normalized spacial score (nSPS) is 14.1. The third kappa shape index (κ3) is 8.16. The Hall–Kier alpha value is -4.50. The van der Waals surface area contributed by atoms with Crippen LogP contribution in [0.2, 0.25) is 0 Å². The second-order valence-electron chi connectivity index (χ2n) is 11.5. The Morgan fingerprint density at radius 2 is 1.42 bits per heavy atom. The number of benzene rings is 4. The minimum absolute atomic E-state index is 0.0120. The molecule has 0 spiro atoms. The maximum atomic E-state index is 14.5. The van der Waals surface area contributed by atoms with E-state index in [4.69, 9.17) is 0 Å². The minimum atomic E-state index is -4.17. The van der Waals surface area contributed by atoms with E-state index in [1.807, 2.05) is 37.3 Å². The molecule has 1 atom stereocenters. The summed E-state index contributed by atoms with van der Waals surface area (Å²) >= 11 is 0. The van der Waals surface area contributed by atoms with Crippen LogP contribution in [0.4, 0.5) is 10.1 Å². The van der Waals surface area contributed by atoms with Gasteiger partial charge in [-0.15, -0.1) is 0 Å². The number of aryl methyl sites for hydroxylation is 1. The molecule has 0 aromatic heterocycles. The van der Waals surface area contributed by atoms with Gasteiger partial charge in [0.15, 0.2) is 0 Å². The lowest BCUT2D eigenvalue weighted by atomic mass is 10.0. The van der Waals surface area contributed by atoms with Crippen LogP contribution in [0.1, 0.15) is 42.4 Å². The van der Waals surface area contributed by atoms with Crippen molar-refractivity contribution in [3.63, 3.8) is 0 Å². The number of halogens is 1. The molecule has 1 fully saturated rings. The molecule has 234 valence electrons. The number of nitrogens with one attached hydrogen (secondary N) is 1. The lowest BCUT2D eigenvalue weighted by Gasteiger charge is -2.34. The summed E-state index contributed by atoms with van der Waals surface area (Å²) in [6.07, 6.45) is 4.01. The highest BCUT2D eigenvalue weighted by molar-refractivity contribution is 7.92. The molecule has 0 saturated heterocycles. The molecule has 1 aliphatic carbocycles. The molecule has 1 aliphatic rings. The van der Waals surface area contributed by atoms with Crippen molar-refractivity contribution in [2.75, 3.05) is 10.8 Å².